The van der Waals surface area contributed by atoms with Crippen LogP contribution in [0.1, 0.15) is 13.3 Å². The molecule has 0 amide bonds. The summed E-state index contributed by atoms with van der Waals surface area (Å²) in [5.41, 5.74) is 2.06. The van der Waals surface area contributed by atoms with Crippen LogP contribution in [-0.4, -0.2) is 21.2 Å². The lowest BCUT2D eigenvalue weighted by atomic mass is 9.93. The van der Waals surface area contributed by atoms with E-state index in [2.05, 4.69) is 81.3 Å². The molecule has 6 heteroatoms. The number of anilines is 5. The average Bonchev–Trinajstić information content (AvgIpc) is 3.06. The predicted octanol–water partition coefficient (Wildman–Crippen LogP) is 9.33. The van der Waals surface area contributed by atoms with Crippen molar-refractivity contribution in [3.05, 3.63) is 134 Å². The normalized spacial score (nSPS) is 14.8. The summed E-state index contributed by atoms with van der Waals surface area (Å²) in [6, 6.07) is 35.8. The molecule has 0 spiro atoms. The van der Waals surface area contributed by atoms with Gasteiger partial charge in [-0.1, -0.05) is 49.4 Å². The smallest absolute Gasteiger partial charge is 0.138 e. The maximum atomic E-state index is 4.83. The van der Waals surface area contributed by atoms with Gasteiger partial charge < -0.3 is 0 Å². The lowest BCUT2D eigenvalue weighted by molar-refractivity contribution is 0.779. The Balaban J connectivity index is 1.30. The third-order valence-corrected chi connectivity index (χ3v) is 8.02. The topological polar surface area (TPSA) is 57.5 Å². The molecule has 0 bridgehead atoms. The standard InChI is InChI=1S/C37H28N6/c1-25-11-16-35(41-24-25)43(34-10-4-7-19-40-34)31-22-28-14-12-26-20-30(21-27-13-15-29(23-31)37(28)36(26)27)42(32-8-2-5-17-38-32)33-9-3-6-18-39-33/h2-10,12-25H,11H2,1H3. The third-order valence-electron chi connectivity index (χ3n) is 8.02. The maximum Gasteiger partial charge on any atom is 0.138 e. The zero-order valence-corrected chi connectivity index (χ0v) is 23.7. The van der Waals surface area contributed by atoms with Gasteiger partial charge in [0.05, 0.1) is 11.4 Å². The van der Waals surface area contributed by atoms with Gasteiger partial charge in [0, 0.05) is 24.8 Å². The zero-order chi connectivity index (χ0) is 28.8. The van der Waals surface area contributed by atoms with Crippen LogP contribution in [0.3, 0.4) is 0 Å². The van der Waals surface area contributed by atoms with Crippen LogP contribution in [0.2, 0.25) is 0 Å². The fourth-order valence-corrected chi connectivity index (χ4v) is 6.04. The van der Waals surface area contributed by atoms with Crippen LogP contribution in [0.5, 0.6) is 0 Å². The monoisotopic (exact) mass is 556 g/mol. The summed E-state index contributed by atoms with van der Waals surface area (Å²) in [6.07, 6.45) is 10.7. The van der Waals surface area contributed by atoms with E-state index in [4.69, 9.17) is 9.98 Å². The Morgan fingerprint density at radius 3 is 1.40 bits per heavy atom. The van der Waals surface area contributed by atoms with Crippen molar-refractivity contribution >= 4 is 67.4 Å². The maximum absolute atomic E-state index is 4.83. The fourth-order valence-electron chi connectivity index (χ4n) is 6.04. The molecule has 8 rings (SSSR count). The molecule has 43 heavy (non-hydrogen) atoms. The molecule has 7 aromatic rings. The van der Waals surface area contributed by atoms with Crippen molar-refractivity contribution in [2.24, 2.45) is 10.9 Å². The molecule has 1 aliphatic heterocycles. The number of hydrogen-bond donors (Lipinski definition) is 0. The first-order valence-corrected chi connectivity index (χ1v) is 14.5. The summed E-state index contributed by atoms with van der Waals surface area (Å²) in [6.45, 7) is 2.19. The highest BCUT2D eigenvalue weighted by Gasteiger charge is 2.21. The van der Waals surface area contributed by atoms with E-state index in [1.54, 1.807) is 0 Å². The van der Waals surface area contributed by atoms with Crippen molar-refractivity contribution in [1.29, 1.82) is 0 Å². The Hall–Kier alpha value is -5.62. The number of rotatable bonds is 6. The molecule has 0 saturated carbocycles. The largest absolute Gasteiger partial charge is 0.279 e. The molecule has 0 aliphatic carbocycles. The zero-order valence-electron chi connectivity index (χ0n) is 23.7. The molecular weight excluding hydrogens is 528 g/mol. The van der Waals surface area contributed by atoms with E-state index in [0.717, 1.165) is 41.1 Å². The van der Waals surface area contributed by atoms with Gasteiger partial charge in [0.25, 0.3) is 0 Å². The van der Waals surface area contributed by atoms with Crippen molar-refractivity contribution in [1.82, 2.24) is 15.0 Å². The predicted molar refractivity (Wildman–Crippen MR) is 177 cm³/mol. The second-order valence-electron chi connectivity index (χ2n) is 11.0. The summed E-state index contributed by atoms with van der Waals surface area (Å²) in [7, 11) is 0. The lowest BCUT2D eigenvalue weighted by Gasteiger charge is -2.27. The first-order chi connectivity index (χ1) is 21.2. The van der Waals surface area contributed by atoms with Crippen molar-refractivity contribution in [3.63, 3.8) is 0 Å². The highest BCUT2D eigenvalue weighted by molar-refractivity contribution is 6.24. The molecule has 0 fully saturated rings. The van der Waals surface area contributed by atoms with E-state index in [0.29, 0.717) is 5.92 Å². The Morgan fingerprint density at radius 1 is 0.558 bits per heavy atom. The van der Waals surface area contributed by atoms with Gasteiger partial charge in [-0.2, -0.15) is 0 Å². The number of pyridine rings is 3. The number of allylic oxidation sites excluding steroid dienone is 1. The van der Waals surface area contributed by atoms with Crippen LogP contribution < -0.4 is 9.80 Å². The second kappa shape index (κ2) is 10.3. The van der Waals surface area contributed by atoms with Crippen LogP contribution in [0.25, 0.3) is 32.3 Å². The Labute approximate surface area is 249 Å². The van der Waals surface area contributed by atoms with E-state index < -0.39 is 0 Å². The van der Waals surface area contributed by atoms with Crippen molar-refractivity contribution < 1.29 is 0 Å². The summed E-state index contributed by atoms with van der Waals surface area (Å²) in [5, 5.41) is 7.21. The van der Waals surface area contributed by atoms with Gasteiger partial charge in [-0.05, 0) is 111 Å². The number of nitrogens with zero attached hydrogens (tertiary/aromatic N) is 6. The lowest BCUT2D eigenvalue weighted by Crippen LogP contribution is -2.19. The quantitative estimate of drug-likeness (QED) is 0.191. The number of aliphatic imine (C=N–C) groups is 1. The number of benzene rings is 4. The molecular formula is C37H28N6. The van der Waals surface area contributed by atoms with Gasteiger partial charge in [-0.3, -0.25) is 9.80 Å². The minimum Gasteiger partial charge on any atom is -0.279 e. The minimum atomic E-state index is 0.427. The third kappa shape index (κ3) is 4.44. The van der Waals surface area contributed by atoms with Crippen molar-refractivity contribution in [2.45, 2.75) is 13.3 Å². The molecule has 3 aromatic heterocycles. The van der Waals surface area contributed by atoms with E-state index in [9.17, 15) is 0 Å². The van der Waals surface area contributed by atoms with Crippen molar-refractivity contribution in [3.8, 4) is 0 Å². The number of aromatic nitrogens is 3. The molecule has 4 heterocycles. The summed E-state index contributed by atoms with van der Waals surface area (Å²) < 4.78 is 0. The molecule has 1 atom stereocenters. The first-order valence-electron chi connectivity index (χ1n) is 14.5. The van der Waals surface area contributed by atoms with Gasteiger partial charge >= 0.3 is 0 Å². The van der Waals surface area contributed by atoms with Gasteiger partial charge in [-0.25, -0.2) is 19.9 Å². The molecule has 0 saturated heterocycles. The van der Waals surface area contributed by atoms with E-state index in [1.807, 2.05) is 79.4 Å². The van der Waals surface area contributed by atoms with Crippen LogP contribution >= 0.6 is 0 Å². The van der Waals surface area contributed by atoms with Gasteiger partial charge in [-0.15, -0.1) is 0 Å². The Morgan fingerprint density at radius 2 is 1.00 bits per heavy atom. The van der Waals surface area contributed by atoms with Crippen LogP contribution in [0.15, 0.2) is 139 Å². The molecule has 1 unspecified atom stereocenters. The summed E-state index contributed by atoms with van der Waals surface area (Å²) >= 11 is 0. The molecule has 0 N–H and O–H groups in total. The van der Waals surface area contributed by atoms with Gasteiger partial charge in [0.1, 0.15) is 23.3 Å². The van der Waals surface area contributed by atoms with E-state index in [1.165, 1.54) is 32.3 Å². The number of hydrogen-bond acceptors (Lipinski definition) is 6. The average molecular weight is 557 g/mol. The van der Waals surface area contributed by atoms with Crippen LogP contribution in [0, 0.1) is 5.92 Å². The van der Waals surface area contributed by atoms with Gasteiger partial charge in [0.2, 0.25) is 0 Å². The Bertz CT molecular complexity index is 2020. The summed E-state index contributed by atoms with van der Waals surface area (Å²) in [5.74, 6) is 3.82. The Kier molecular flexibility index (Phi) is 6.04. The van der Waals surface area contributed by atoms with Crippen LogP contribution in [-0.2, 0) is 0 Å². The first kappa shape index (κ1) is 25.1. The molecule has 1 aliphatic rings. The molecule has 4 aromatic carbocycles. The fraction of sp³-hybridized carbons (Fsp3) is 0.0811. The SMILES string of the molecule is CC1C=NC(N(c2cc3ccc4cc(N(c5ccccn5)c5ccccn5)cc5ccc(c2)c3c45)c2ccccn2)=CC1. The molecule has 0 radical (unpaired) electrons. The highest BCUT2D eigenvalue weighted by Crippen LogP contribution is 2.43. The molecule has 206 valence electrons. The van der Waals surface area contributed by atoms with Crippen molar-refractivity contribution in [2.75, 3.05) is 9.80 Å². The second-order valence-corrected chi connectivity index (χ2v) is 11.0. The van der Waals surface area contributed by atoms with E-state index in [-0.39, 0.29) is 0 Å². The van der Waals surface area contributed by atoms with E-state index >= 15 is 0 Å². The summed E-state index contributed by atoms with van der Waals surface area (Å²) in [4.78, 5) is 23.1. The van der Waals surface area contributed by atoms with Gasteiger partial charge in [0.15, 0.2) is 0 Å². The molecule has 6 nitrogen and oxygen atoms in total. The highest BCUT2D eigenvalue weighted by atomic mass is 15.3. The minimum absolute atomic E-state index is 0.427. The van der Waals surface area contributed by atoms with Crippen LogP contribution in [0.4, 0.5) is 28.8 Å².